The predicted octanol–water partition coefficient (Wildman–Crippen LogP) is 3.05. The van der Waals surface area contributed by atoms with Gasteiger partial charge in [0.1, 0.15) is 22.5 Å². The summed E-state index contributed by atoms with van der Waals surface area (Å²) in [6.45, 7) is 2.59. The Hall–Kier alpha value is -2.91. The Morgan fingerprint density at radius 2 is 1.80 bits per heavy atom. The number of anilines is 1. The number of rotatable bonds is 5. The van der Waals surface area contributed by atoms with Crippen LogP contribution >= 0.6 is 11.8 Å². The van der Waals surface area contributed by atoms with Crippen molar-refractivity contribution in [2.45, 2.75) is 4.90 Å². The van der Waals surface area contributed by atoms with Crippen LogP contribution in [0.3, 0.4) is 0 Å². The van der Waals surface area contributed by atoms with E-state index in [1.54, 1.807) is 13.2 Å². The molecule has 1 fully saturated rings. The number of ether oxygens (including phenoxy) is 3. The van der Waals surface area contributed by atoms with E-state index in [1.165, 1.54) is 18.9 Å². The number of morpholine rings is 1. The fraction of sp³-hybridized carbons (Fsp3) is 0.333. The van der Waals surface area contributed by atoms with Crippen LogP contribution in [-0.2, 0) is 9.47 Å². The van der Waals surface area contributed by atoms with Gasteiger partial charge in [0.05, 0.1) is 27.4 Å². The third kappa shape index (κ3) is 3.90. The predicted molar refractivity (Wildman–Crippen MR) is 115 cm³/mol. The second-order valence-electron chi connectivity index (χ2n) is 6.60. The first-order chi connectivity index (χ1) is 14.6. The molecule has 0 amide bonds. The summed E-state index contributed by atoms with van der Waals surface area (Å²) in [6, 6.07) is 9.33. The minimum absolute atomic E-state index is 0.240. The largest absolute Gasteiger partial charge is 0.497 e. The summed E-state index contributed by atoms with van der Waals surface area (Å²) in [5, 5.41) is 0. The molecule has 3 aromatic rings. The fourth-order valence-corrected chi connectivity index (χ4v) is 3.86. The molecule has 0 spiro atoms. The second kappa shape index (κ2) is 8.85. The van der Waals surface area contributed by atoms with Crippen molar-refractivity contribution in [2.24, 2.45) is 0 Å². The average Bonchev–Trinajstić information content (AvgIpc) is 2.82. The summed E-state index contributed by atoms with van der Waals surface area (Å²) < 4.78 is 15.6. The van der Waals surface area contributed by atoms with Gasteiger partial charge in [0.15, 0.2) is 11.6 Å². The lowest BCUT2D eigenvalue weighted by atomic mass is 10.2. The zero-order valence-corrected chi connectivity index (χ0v) is 17.9. The van der Waals surface area contributed by atoms with Crippen LogP contribution < -0.4 is 9.64 Å². The number of carbonyl (C=O) groups is 1. The minimum Gasteiger partial charge on any atom is -0.497 e. The van der Waals surface area contributed by atoms with Crippen molar-refractivity contribution in [2.75, 3.05) is 51.7 Å². The van der Waals surface area contributed by atoms with Crippen molar-refractivity contribution >= 4 is 34.6 Å². The summed E-state index contributed by atoms with van der Waals surface area (Å²) in [5.41, 5.74) is 2.40. The van der Waals surface area contributed by atoms with Crippen LogP contribution in [0.5, 0.6) is 5.75 Å². The van der Waals surface area contributed by atoms with Gasteiger partial charge in [-0.15, -0.1) is 11.8 Å². The molecule has 0 aliphatic carbocycles. The summed E-state index contributed by atoms with van der Waals surface area (Å²) in [6.07, 6.45) is 1.94. The van der Waals surface area contributed by atoms with Crippen molar-refractivity contribution in [1.29, 1.82) is 0 Å². The maximum atomic E-state index is 12.2. The number of hydrogen-bond acceptors (Lipinski definition) is 9. The molecule has 0 bridgehead atoms. The van der Waals surface area contributed by atoms with E-state index in [2.05, 4.69) is 9.88 Å². The Bertz CT molecular complexity index is 1070. The molecule has 0 radical (unpaired) electrons. The molecule has 8 nitrogen and oxygen atoms in total. The number of methoxy groups -OCH3 is 2. The van der Waals surface area contributed by atoms with E-state index in [0.29, 0.717) is 49.0 Å². The number of esters is 1. The van der Waals surface area contributed by atoms with E-state index in [1.807, 2.05) is 30.5 Å². The number of pyridine rings is 1. The number of fused-ring (bicyclic) bond motifs is 1. The standard InChI is InChI=1S/C21H22N4O4S/c1-27-14-6-4-13(5-7-14)19-23-17-16(30-3)12-15(21(26)28-2)22-18(17)20(24-19)25-8-10-29-11-9-25/h4-7,12H,8-11H2,1-3H3. The van der Waals surface area contributed by atoms with Crippen LogP contribution in [0.4, 0.5) is 5.82 Å². The van der Waals surface area contributed by atoms with E-state index in [9.17, 15) is 4.79 Å². The van der Waals surface area contributed by atoms with Gasteiger partial charge in [-0.3, -0.25) is 0 Å². The summed E-state index contributed by atoms with van der Waals surface area (Å²) >= 11 is 1.50. The maximum Gasteiger partial charge on any atom is 0.356 e. The number of benzene rings is 1. The van der Waals surface area contributed by atoms with Crippen LogP contribution in [0.25, 0.3) is 22.4 Å². The molecule has 2 aromatic heterocycles. The Balaban J connectivity index is 1.94. The van der Waals surface area contributed by atoms with E-state index in [0.717, 1.165) is 16.2 Å². The number of aromatic nitrogens is 3. The van der Waals surface area contributed by atoms with Crippen molar-refractivity contribution in [3.8, 4) is 17.1 Å². The molecular weight excluding hydrogens is 404 g/mol. The molecule has 0 N–H and O–H groups in total. The van der Waals surface area contributed by atoms with Gasteiger partial charge in [0, 0.05) is 23.5 Å². The molecule has 9 heteroatoms. The van der Waals surface area contributed by atoms with Gasteiger partial charge < -0.3 is 19.1 Å². The van der Waals surface area contributed by atoms with E-state index >= 15 is 0 Å². The Labute approximate surface area is 178 Å². The molecule has 30 heavy (non-hydrogen) atoms. The topological polar surface area (TPSA) is 86.7 Å². The highest BCUT2D eigenvalue weighted by Crippen LogP contribution is 2.33. The summed E-state index contributed by atoms with van der Waals surface area (Å²) in [7, 11) is 2.98. The molecule has 0 unspecified atom stereocenters. The second-order valence-corrected chi connectivity index (χ2v) is 7.45. The zero-order chi connectivity index (χ0) is 21.1. The van der Waals surface area contributed by atoms with Gasteiger partial charge >= 0.3 is 5.97 Å². The SMILES string of the molecule is COC(=O)c1cc(SC)c2nc(-c3ccc(OC)cc3)nc(N3CCOCC3)c2n1. The van der Waals surface area contributed by atoms with Crippen molar-refractivity contribution in [3.05, 3.63) is 36.0 Å². The van der Waals surface area contributed by atoms with Gasteiger partial charge in [-0.25, -0.2) is 19.7 Å². The Morgan fingerprint density at radius 3 is 2.43 bits per heavy atom. The first kappa shape index (κ1) is 20.4. The maximum absolute atomic E-state index is 12.2. The quantitative estimate of drug-likeness (QED) is 0.451. The molecule has 0 atom stereocenters. The van der Waals surface area contributed by atoms with Crippen LogP contribution in [0.15, 0.2) is 35.2 Å². The molecule has 1 aromatic carbocycles. The lowest BCUT2D eigenvalue weighted by Crippen LogP contribution is -2.37. The van der Waals surface area contributed by atoms with E-state index in [4.69, 9.17) is 24.2 Å². The van der Waals surface area contributed by atoms with Crippen molar-refractivity contribution in [3.63, 3.8) is 0 Å². The first-order valence-corrected chi connectivity index (χ1v) is 10.7. The average molecular weight is 426 g/mol. The summed E-state index contributed by atoms with van der Waals surface area (Å²) in [4.78, 5) is 29.4. The number of carbonyl (C=O) groups excluding carboxylic acids is 1. The Kier molecular flexibility index (Phi) is 6.01. The summed E-state index contributed by atoms with van der Waals surface area (Å²) in [5.74, 6) is 1.56. The highest BCUT2D eigenvalue weighted by atomic mass is 32.2. The van der Waals surface area contributed by atoms with Crippen LogP contribution in [-0.4, -0.2) is 67.7 Å². The van der Waals surface area contributed by atoms with Gasteiger partial charge in [0.25, 0.3) is 0 Å². The molecule has 156 valence electrons. The van der Waals surface area contributed by atoms with Gasteiger partial charge in [-0.1, -0.05) is 0 Å². The van der Waals surface area contributed by atoms with Crippen LogP contribution in [0.2, 0.25) is 0 Å². The van der Waals surface area contributed by atoms with Gasteiger partial charge in [-0.05, 0) is 36.6 Å². The fourth-order valence-electron chi connectivity index (χ4n) is 3.29. The normalized spacial score (nSPS) is 14.0. The number of nitrogens with zero attached hydrogens (tertiary/aromatic N) is 4. The zero-order valence-electron chi connectivity index (χ0n) is 17.0. The van der Waals surface area contributed by atoms with Crippen molar-refractivity contribution in [1.82, 2.24) is 15.0 Å². The van der Waals surface area contributed by atoms with Crippen molar-refractivity contribution < 1.29 is 19.0 Å². The molecular formula is C21H22N4O4S. The third-order valence-electron chi connectivity index (χ3n) is 4.87. The first-order valence-electron chi connectivity index (χ1n) is 9.47. The lowest BCUT2D eigenvalue weighted by Gasteiger charge is -2.28. The molecule has 3 heterocycles. The third-order valence-corrected chi connectivity index (χ3v) is 5.62. The lowest BCUT2D eigenvalue weighted by molar-refractivity contribution is 0.0594. The monoisotopic (exact) mass is 426 g/mol. The molecule has 1 saturated heterocycles. The van der Waals surface area contributed by atoms with E-state index in [-0.39, 0.29) is 5.69 Å². The van der Waals surface area contributed by atoms with Gasteiger partial charge in [0.2, 0.25) is 0 Å². The van der Waals surface area contributed by atoms with Gasteiger partial charge in [-0.2, -0.15) is 0 Å². The Morgan fingerprint density at radius 1 is 1.07 bits per heavy atom. The van der Waals surface area contributed by atoms with Crippen LogP contribution in [0, 0.1) is 0 Å². The number of thioether (sulfide) groups is 1. The number of hydrogen-bond donors (Lipinski definition) is 0. The highest BCUT2D eigenvalue weighted by molar-refractivity contribution is 7.98. The molecule has 0 saturated carbocycles. The molecule has 1 aliphatic heterocycles. The minimum atomic E-state index is -0.487. The smallest absolute Gasteiger partial charge is 0.356 e. The molecule has 4 rings (SSSR count). The highest BCUT2D eigenvalue weighted by Gasteiger charge is 2.23. The van der Waals surface area contributed by atoms with E-state index < -0.39 is 5.97 Å². The molecule has 1 aliphatic rings. The van der Waals surface area contributed by atoms with Crippen LogP contribution in [0.1, 0.15) is 10.5 Å².